The Morgan fingerprint density at radius 2 is 2.12 bits per heavy atom. The Bertz CT molecular complexity index is 435. The van der Waals surface area contributed by atoms with Gasteiger partial charge in [0, 0.05) is 5.56 Å². The van der Waals surface area contributed by atoms with Crippen molar-refractivity contribution < 1.29 is 14.3 Å². The molecule has 0 atom stereocenters. The summed E-state index contributed by atoms with van der Waals surface area (Å²) < 4.78 is 4.73. The largest absolute Gasteiger partial charge is 0.460 e. The summed E-state index contributed by atoms with van der Waals surface area (Å²) in [5.74, 6) is -1.26. The van der Waals surface area contributed by atoms with Gasteiger partial charge in [0.05, 0.1) is 6.61 Å². The molecule has 1 aliphatic rings. The normalized spacial score (nSPS) is 13.3. The van der Waals surface area contributed by atoms with Crippen LogP contribution in [0.3, 0.4) is 0 Å². The van der Waals surface area contributed by atoms with Gasteiger partial charge in [0.25, 0.3) is 5.78 Å². The molecule has 0 amide bonds. The van der Waals surface area contributed by atoms with E-state index in [-0.39, 0.29) is 6.61 Å². The molecule has 0 N–H and O–H groups in total. The van der Waals surface area contributed by atoms with E-state index in [1.165, 1.54) is 5.56 Å². The van der Waals surface area contributed by atoms with Crippen LogP contribution in [0.25, 0.3) is 0 Å². The van der Waals surface area contributed by atoms with Crippen molar-refractivity contribution in [1.29, 1.82) is 0 Å². The van der Waals surface area contributed by atoms with E-state index in [2.05, 4.69) is 0 Å². The van der Waals surface area contributed by atoms with Gasteiger partial charge in [0.2, 0.25) is 0 Å². The number of carbonyl (C=O) groups is 2. The van der Waals surface area contributed by atoms with Gasteiger partial charge in [-0.25, -0.2) is 4.79 Å². The molecule has 0 saturated heterocycles. The van der Waals surface area contributed by atoms with Crippen LogP contribution in [0.1, 0.15) is 34.8 Å². The summed E-state index contributed by atoms with van der Waals surface area (Å²) in [5, 5.41) is 0. The molecule has 84 valence electrons. The average molecular weight is 218 g/mol. The molecular formula is C13H14O3. The van der Waals surface area contributed by atoms with Crippen molar-refractivity contribution in [1.82, 2.24) is 0 Å². The maximum atomic E-state index is 11.8. The lowest BCUT2D eigenvalue weighted by molar-refractivity contribution is -0.137. The average Bonchev–Trinajstić information content (AvgIpc) is 2.76. The first kappa shape index (κ1) is 10.9. The number of hydrogen-bond donors (Lipinski definition) is 0. The molecule has 2 rings (SSSR count). The van der Waals surface area contributed by atoms with Gasteiger partial charge in [0.15, 0.2) is 0 Å². The molecule has 3 nitrogen and oxygen atoms in total. The minimum absolute atomic E-state index is 0.236. The molecule has 1 aliphatic carbocycles. The highest BCUT2D eigenvalue weighted by Crippen LogP contribution is 2.25. The van der Waals surface area contributed by atoms with Gasteiger partial charge in [0.1, 0.15) is 0 Å². The molecule has 0 spiro atoms. The number of carbonyl (C=O) groups excluding carboxylic acids is 2. The molecule has 1 aromatic rings. The molecular weight excluding hydrogens is 204 g/mol. The number of hydrogen-bond acceptors (Lipinski definition) is 3. The minimum Gasteiger partial charge on any atom is -0.460 e. The molecule has 1 aromatic carbocycles. The van der Waals surface area contributed by atoms with Crippen LogP contribution in [0.2, 0.25) is 0 Å². The Kier molecular flexibility index (Phi) is 3.04. The van der Waals surface area contributed by atoms with Gasteiger partial charge < -0.3 is 4.74 Å². The van der Waals surface area contributed by atoms with Crippen molar-refractivity contribution in [3.63, 3.8) is 0 Å². The number of aryl methyl sites for hydroxylation is 1. The summed E-state index contributed by atoms with van der Waals surface area (Å²) in [4.78, 5) is 23.2. The Hall–Kier alpha value is -1.64. The second-order valence-electron chi connectivity index (χ2n) is 3.85. The topological polar surface area (TPSA) is 43.4 Å². The van der Waals surface area contributed by atoms with Crippen LogP contribution in [-0.2, 0) is 22.4 Å². The van der Waals surface area contributed by atoms with Crippen LogP contribution in [0.5, 0.6) is 0 Å². The molecule has 0 heterocycles. The van der Waals surface area contributed by atoms with Crippen molar-refractivity contribution in [3.05, 3.63) is 34.9 Å². The summed E-state index contributed by atoms with van der Waals surface area (Å²) in [6.45, 7) is 1.93. The van der Waals surface area contributed by atoms with Gasteiger partial charge >= 0.3 is 5.97 Å². The van der Waals surface area contributed by atoms with E-state index in [1.807, 2.05) is 12.1 Å². The molecule has 0 aromatic heterocycles. The Balaban J connectivity index is 2.31. The van der Waals surface area contributed by atoms with Gasteiger partial charge in [-0.2, -0.15) is 0 Å². The van der Waals surface area contributed by atoms with Crippen molar-refractivity contribution in [2.45, 2.75) is 26.2 Å². The van der Waals surface area contributed by atoms with Crippen molar-refractivity contribution in [2.75, 3.05) is 6.61 Å². The third-order valence-corrected chi connectivity index (χ3v) is 2.85. The Morgan fingerprint density at radius 3 is 2.88 bits per heavy atom. The van der Waals surface area contributed by atoms with Gasteiger partial charge in [-0.3, -0.25) is 4.79 Å². The zero-order valence-corrected chi connectivity index (χ0v) is 9.29. The molecule has 0 aliphatic heterocycles. The van der Waals surface area contributed by atoms with Crippen LogP contribution >= 0.6 is 0 Å². The zero-order chi connectivity index (χ0) is 11.5. The van der Waals surface area contributed by atoms with E-state index in [4.69, 9.17) is 4.74 Å². The first-order chi connectivity index (χ1) is 7.74. The third-order valence-electron chi connectivity index (χ3n) is 2.85. The predicted molar refractivity (Wildman–Crippen MR) is 59.4 cm³/mol. The number of rotatable bonds is 3. The van der Waals surface area contributed by atoms with Crippen molar-refractivity contribution in [3.8, 4) is 0 Å². The van der Waals surface area contributed by atoms with E-state index < -0.39 is 11.8 Å². The summed E-state index contributed by atoms with van der Waals surface area (Å²) >= 11 is 0. The quantitative estimate of drug-likeness (QED) is 0.442. The van der Waals surface area contributed by atoms with Crippen LogP contribution in [-0.4, -0.2) is 18.4 Å². The van der Waals surface area contributed by atoms with E-state index in [0.29, 0.717) is 5.56 Å². The highest BCUT2D eigenvalue weighted by atomic mass is 16.5. The lowest BCUT2D eigenvalue weighted by Crippen LogP contribution is -2.19. The highest BCUT2D eigenvalue weighted by molar-refractivity contribution is 6.41. The molecule has 0 saturated carbocycles. The van der Waals surface area contributed by atoms with E-state index in [9.17, 15) is 9.59 Å². The molecule has 0 unspecified atom stereocenters. The molecule has 0 fully saturated rings. The van der Waals surface area contributed by atoms with Crippen LogP contribution in [0.15, 0.2) is 18.2 Å². The standard InChI is InChI=1S/C13H14O3/c1-2-16-13(15)12(14)11-8-4-6-9-5-3-7-10(9)11/h4,6,8H,2-3,5,7H2,1H3. The smallest absolute Gasteiger partial charge is 0.379 e. The second-order valence-corrected chi connectivity index (χ2v) is 3.85. The van der Waals surface area contributed by atoms with Gasteiger partial charge in [-0.15, -0.1) is 0 Å². The molecule has 3 heteroatoms. The number of fused-ring (bicyclic) bond motifs is 1. The number of ether oxygens (including phenoxy) is 1. The fourth-order valence-electron chi connectivity index (χ4n) is 2.14. The summed E-state index contributed by atoms with van der Waals surface area (Å²) in [5.41, 5.74) is 2.74. The number of Topliss-reactive ketones (excluding diaryl/α,β-unsaturated/α-hetero) is 1. The maximum Gasteiger partial charge on any atom is 0.379 e. The third kappa shape index (κ3) is 1.85. The number of esters is 1. The van der Waals surface area contributed by atoms with Crippen molar-refractivity contribution in [2.24, 2.45) is 0 Å². The van der Waals surface area contributed by atoms with Crippen molar-refractivity contribution >= 4 is 11.8 Å². The Labute approximate surface area is 94.4 Å². The van der Waals surface area contributed by atoms with Gasteiger partial charge in [-0.05, 0) is 37.3 Å². The SMILES string of the molecule is CCOC(=O)C(=O)c1cccc2c1CCC2. The summed E-state index contributed by atoms with van der Waals surface area (Å²) in [6, 6.07) is 5.56. The molecule has 16 heavy (non-hydrogen) atoms. The minimum atomic E-state index is -0.747. The monoisotopic (exact) mass is 218 g/mol. The summed E-state index contributed by atoms with van der Waals surface area (Å²) in [7, 11) is 0. The lowest BCUT2D eigenvalue weighted by atomic mass is 10.0. The first-order valence-electron chi connectivity index (χ1n) is 5.56. The zero-order valence-electron chi connectivity index (χ0n) is 9.29. The first-order valence-corrected chi connectivity index (χ1v) is 5.56. The number of ketones is 1. The highest BCUT2D eigenvalue weighted by Gasteiger charge is 2.24. The van der Waals surface area contributed by atoms with E-state index in [0.717, 1.165) is 24.8 Å². The molecule has 0 bridgehead atoms. The maximum absolute atomic E-state index is 11.8. The predicted octanol–water partition coefficient (Wildman–Crippen LogP) is 1.92. The van der Waals surface area contributed by atoms with E-state index in [1.54, 1.807) is 13.0 Å². The Morgan fingerprint density at radius 1 is 1.31 bits per heavy atom. The lowest BCUT2D eigenvalue weighted by Gasteiger charge is -2.06. The molecule has 0 radical (unpaired) electrons. The number of benzene rings is 1. The van der Waals surface area contributed by atoms with E-state index >= 15 is 0 Å². The van der Waals surface area contributed by atoms with Crippen LogP contribution in [0.4, 0.5) is 0 Å². The van der Waals surface area contributed by atoms with Crippen LogP contribution in [0, 0.1) is 0 Å². The fourth-order valence-corrected chi connectivity index (χ4v) is 2.14. The van der Waals surface area contributed by atoms with Crippen LogP contribution < -0.4 is 0 Å². The fraction of sp³-hybridized carbons (Fsp3) is 0.385. The summed E-state index contributed by atoms with van der Waals surface area (Å²) in [6.07, 6.45) is 2.94. The second kappa shape index (κ2) is 4.47. The van der Waals surface area contributed by atoms with Gasteiger partial charge in [-0.1, -0.05) is 18.2 Å².